The van der Waals surface area contributed by atoms with Crippen molar-refractivity contribution in [2.24, 2.45) is 5.73 Å². The second-order valence-electron chi connectivity index (χ2n) is 8.14. The van der Waals surface area contributed by atoms with Crippen LogP contribution in [0.15, 0.2) is 65.7 Å². The molecule has 9 nitrogen and oxygen atoms in total. The van der Waals surface area contributed by atoms with Crippen molar-refractivity contribution in [3.63, 3.8) is 0 Å². The number of benzene rings is 1. The Kier molecular flexibility index (Phi) is 14.5. The molecule has 2 amide bonds. The van der Waals surface area contributed by atoms with Gasteiger partial charge >= 0.3 is 0 Å². The summed E-state index contributed by atoms with van der Waals surface area (Å²) in [4.78, 5) is 24.2. The number of carbonyl (C=O) groups excluding carboxylic acids is 2. The van der Waals surface area contributed by atoms with E-state index >= 15 is 0 Å². The van der Waals surface area contributed by atoms with E-state index in [-0.39, 0.29) is 24.7 Å². The molecule has 0 radical (unpaired) electrons. The number of allylic oxidation sites excluding steroid dienone is 4. The van der Waals surface area contributed by atoms with E-state index in [0.29, 0.717) is 12.4 Å². The summed E-state index contributed by atoms with van der Waals surface area (Å²) < 4.78 is 22.7. The van der Waals surface area contributed by atoms with Crippen LogP contribution in [-0.4, -0.2) is 40.6 Å². The summed E-state index contributed by atoms with van der Waals surface area (Å²) in [5.41, 5.74) is 8.57. The quantitative estimate of drug-likeness (QED) is 0.169. The van der Waals surface area contributed by atoms with Crippen LogP contribution in [0.4, 0.5) is 0 Å². The minimum absolute atomic E-state index is 0.000593. The fraction of sp³-hybridized carbons (Fsp3) is 0.440. The molecule has 1 rings (SSSR count). The zero-order valence-electron chi connectivity index (χ0n) is 21.0. The summed E-state index contributed by atoms with van der Waals surface area (Å²) in [5, 5.41) is 8.41. The van der Waals surface area contributed by atoms with Gasteiger partial charge in [-0.1, -0.05) is 62.2 Å². The third kappa shape index (κ3) is 14.9. The van der Waals surface area contributed by atoms with Crippen LogP contribution in [0.1, 0.15) is 52.0 Å². The zero-order valence-corrected chi connectivity index (χ0v) is 21.8. The zero-order chi connectivity index (χ0) is 26.1. The number of unbranched alkanes of at least 4 members (excludes halogenated alkanes) is 1. The van der Waals surface area contributed by atoms with E-state index in [1.165, 1.54) is 0 Å². The number of carbonyl (C=O) groups is 2. The van der Waals surface area contributed by atoms with Gasteiger partial charge in [-0.3, -0.25) is 18.7 Å². The molecule has 10 heteroatoms. The molecule has 196 valence electrons. The van der Waals surface area contributed by atoms with Crippen molar-refractivity contribution in [2.75, 3.05) is 19.6 Å². The maximum absolute atomic E-state index is 12.2. The predicted molar refractivity (Wildman–Crippen MR) is 144 cm³/mol. The molecule has 0 unspecified atom stereocenters. The first-order valence-corrected chi connectivity index (χ1v) is 13.5. The number of amides is 2. The lowest BCUT2D eigenvalue weighted by atomic mass is 10.1. The van der Waals surface area contributed by atoms with E-state index in [9.17, 15) is 18.7 Å². The van der Waals surface area contributed by atoms with Gasteiger partial charge in [0.15, 0.2) is 0 Å². The van der Waals surface area contributed by atoms with Gasteiger partial charge in [-0.2, -0.15) is 0 Å². The minimum atomic E-state index is -3.16. The second-order valence-corrected chi connectivity index (χ2v) is 10.1. The molecule has 0 aliphatic rings. The molecule has 1 aromatic carbocycles. The molecule has 0 saturated heterocycles. The van der Waals surface area contributed by atoms with Crippen LogP contribution in [0.5, 0.6) is 0 Å². The van der Waals surface area contributed by atoms with Crippen molar-refractivity contribution in [3.05, 3.63) is 71.2 Å². The normalized spacial score (nSPS) is 13.3. The molecule has 0 aliphatic heterocycles. The maximum atomic E-state index is 12.2. The molecule has 0 heterocycles. The molecule has 0 aliphatic carbocycles. The van der Waals surface area contributed by atoms with Crippen LogP contribution in [0.2, 0.25) is 0 Å². The Bertz CT molecular complexity index is 885. The fourth-order valence-electron chi connectivity index (χ4n) is 2.97. The summed E-state index contributed by atoms with van der Waals surface area (Å²) in [6.45, 7) is 5.90. The van der Waals surface area contributed by atoms with Gasteiger partial charge in [0.1, 0.15) is 0 Å². The lowest BCUT2D eigenvalue weighted by molar-refractivity contribution is -0.125. The summed E-state index contributed by atoms with van der Waals surface area (Å²) in [6.07, 6.45) is 9.51. The Morgan fingerprint density at radius 1 is 1.00 bits per heavy atom. The molecule has 35 heavy (non-hydrogen) atoms. The van der Waals surface area contributed by atoms with Crippen LogP contribution in [0.3, 0.4) is 0 Å². The molecule has 0 saturated carbocycles. The average molecular weight is 508 g/mol. The smallest absolute Gasteiger partial charge is 0.239 e. The Hall–Kier alpha value is -2.79. The molecular weight excluding hydrogens is 466 g/mol. The highest BCUT2D eigenvalue weighted by molar-refractivity contribution is 8.22. The Labute approximate surface area is 210 Å². The van der Waals surface area contributed by atoms with Crippen molar-refractivity contribution in [2.45, 2.75) is 52.2 Å². The van der Waals surface area contributed by atoms with Crippen molar-refractivity contribution < 1.29 is 18.7 Å². The van der Waals surface area contributed by atoms with Crippen molar-refractivity contribution in [3.8, 4) is 0 Å². The Morgan fingerprint density at radius 2 is 1.66 bits per heavy atom. The van der Waals surface area contributed by atoms with E-state index < -0.39 is 16.7 Å². The van der Waals surface area contributed by atoms with Crippen LogP contribution in [0.25, 0.3) is 0 Å². The number of hydrogen-bond donors (Lipinski definition) is 7. The first-order valence-electron chi connectivity index (χ1n) is 11.8. The largest absolute Gasteiger partial charge is 0.386 e. The van der Waals surface area contributed by atoms with Crippen LogP contribution >= 0.6 is 10.8 Å². The van der Waals surface area contributed by atoms with Gasteiger partial charge in [0.25, 0.3) is 0 Å². The maximum Gasteiger partial charge on any atom is 0.239 e. The molecule has 0 atom stereocenters. The lowest BCUT2D eigenvalue weighted by Gasteiger charge is -2.32. The monoisotopic (exact) mass is 507 g/mol. The number of nitrogens with two attached hydrogens (primary N) is 1. The lowest BCUT2D eigenvalue weighted by Crippen LogP contribution is -2.41. The highest BCUT2D eigenvalue weighted by Gasteiger charge is 2.15. The Balaban J connectivity index is 2.47. The Morgan fingerprint density at radius 3 is 2.31 bits per heavy atom. The highest BCUT2D eigenvalue weighted by Crippen LogP contribution is 2.37. The second kappa shape index (κ2) is 16.8. The van der Waals surface area contributed by atoms with Gasteiger partial charge in [0.05, 0.1) is 24.7 Å². The van der Waals surface area contributed by atoms with Crippen molar-refractivity contribution in [1.29, 1.82) is 0 Å². The first-order chi connectivity index (χ1) is 16.6. The molecule has 0 fully saturated rings. The number of rotatable bonds is 16. The molecule has 0 spiro atoms. The van der Waals surface area contributed by atoms with E-state index in [1.54, 1.807) is 24.3 Å². The van der Waals surface area contributed by atoms with Crippen LogP contribution in [0, 0.1) is 0 Å². The van der Waals surface area contributed by atoms with E-state index in [0.717, 1.165) is 42.5 Å². The van der Waals surface area contributed by atoms with E-state index in [2.05, 4.69) is 27.6 Å². The summed E-state index contributed by atoms with van der Waals surface area (Å²) in [7, 11) is -3.16. The van der Waals surface area contributed by atoms with Gasteiger partial charge in [0, 0.05) is 12.2 Å². The summed E-state index contributed by atoms with van der Waals surface area (Å²) in [6, 6.07) is 8.98. The standard InChI is InChI=1S/C25H41N5O4S/c1-4-6-11-21(15-14-20(3)30-23(26)10-5-2)16-27-24(31)17-28-25(32)18-29-35(33,34)19-22-12-8-7-9-13-22/h7-10,12-15,29-30,33-34H,4-6,11,16-19,26H2,1-3H3,(H,27,31)(H,28,32)/b20-14+,21-15+,23-10-. The van der Waals surface area contributed by atoms with Gasteiger partial charge in [0.2, 0.25) is 11.8 Å². The van der Waals surface area contributed by atoms with E-state index in [4.69, 9.17) is 5.73 Å². The van der Waals surface area contributed by atoms with E-state index in [1.807, 2.05) is 38.1 Å². The molecule has 8 N–H and O–H groups in total. The molecular formula is C25H41N5O4S. The minimum Gasteiger partial charge on any atom is -0.386 e. The van der Waals surface area contributed by atoms with Gasteiger partial charge in [-0.05, 0) is 43.9 Å². The van der Waals surface area contributed by atoms with Crippen molar-refractivity contribution >= 4 is 22.6 Å². The average Bonchev–Trinajstić information content (AvgIpc) is 2.81. The van der Waals surface area contributed by atoms with Gasteiger partial charge < -0.3 is 21.7 Å². The number of hydrogen-bond acceptors (Lipinski definition) is 7. The predicted octanol–water partition coefficient (Wildman–Crippen LogP) is 3.49. The van der Waals surface area contributed by atoms with Gasteiger partial charge in [-0.25, -0.2) is 4.72 Å². The third-order valence-corrected chi connectivity index (χ3v) is 6.16. The third-order valence-electron chi connectivity index (χ3n) is 4.82. The molecule has 1 aromatic rings. The topological polar surface area (TPSA) is 149 Å². The first kappa shape index (κ1) is 30.2. The van der Waals surface area contributed by atoms with Gasteiger partial charge in [-0.15, -0.1) is 10.8 Å². The SMILES string of the molecule is CC/C=C(/N)N/C(C)=C/C=C(\CCCC)CNC(=O)CNC(=O)CNS(O)(O)Cc1ccccc1. The van der Waals surface area contributed by atoms with Crippen LogP contribution < -0.4 is 26.4 Å². The summed E-state index contributed by atoms with van der Waals surface area (Å²) in [5.74, 6) is -0.230. The highest BCUT2D eigenvalue weighted by atomic mass is 32.3. The summed E-state index contributed by atoms with van der Waals surface area (Å²) >= 11 is 0. The fourth-order valence-corrected chi connectivity index (χ4v) is 4.09. The number of nitrogens with one attached hydrogen (secondary N) is 4. The van der Waals surface area contributed by atoms with Crippen LogP contribution in [-0.2, 0) is 15.3 Å². The van der Waals surface area contributed by atoms with Crippen molar-refractivity contribution in [1.82, 2.24) is 20.7 Å². The molecule has 0 bridgehead atoms. The molecule has 0 aromatic heterocycles.